The number of imide groups is 1. The second kappa shape index (κ2) is 7.48. The summed E-state index contributed by atoms with van der Waals surface area (Å²) in [5.41, 5.74) is -1.43. The van der Waals surface area contributed by atoms with Gasteiger partial charge < -0.3 is 15.4 Å². The zero-order valence-electron chi connectivity index (χ0n) is 16.9. The topological polar surface area (TPSA) is 87.7 Å². The average molecular weight is 427 g/mol. The molecule has 4 amide bonds. The standard InChI is InChI=1S/C20H24F3N3O4/c1-12-8-18(2,3)11-19(9-12)16(28)26(17(29)25-19)10-15(27)24-13-6-4-5-7-14(13)30-20(21,22)23/h4-7,12H,8-11H2,1-3H3,(H,24,27)(H,25,29)/t12-,19+/m0/s1. The lowest BCUT2D eigenvalue weighted by atomic mass is 9.64. The van der Waals surface area contributed by atoms with E-state index in [1.807, 2.05) is 20.8 Å². The van der Waals surface area contributed by atoms with Crippen LogP contribution >= 0.6 is 0 Å². The fourth-order valence-electron chi connectivity index (χ4n) is 4.77. The van der Waals surface area contributed by atoms with Gasteiger partial charge in [-0.25, -0.2) is 4.79 Å². The van der Waals surface area contributed by atoms with Crippen molar-refractivity contribution >= 4 is 23.5 Å². The second-order valence-electron chi connectivity index (χ2n) is 8.85. The summed E-state index contributed by atoms with van der Waals surface area (Å²) in [5, 5.41) is 5.03. The van der Waals surface area contributed by atoms with Crippen LogP contribution in [0.3, 0.4) is 0 Å². The molecule has 2 N–H and O–H groups in total. The molecule has 1 aromatic rings. The summed E-state index contributed by atoms with van der Waals surface area (Å²) in [4.78, 5) is 38.8. The van der Waals surface area contributed by atoms with Gasteiger partial charge in [-0.05, 0) is 42.7 Å². The lowest BCUT2D eigenvalue weighted by Gasteiger charge is -2.43. The lowest BCUT2D eigenvalue weighted by Crippen LogP contribution is -2.54. The molecule has 1 aliphatic heterocycles. The van der Waals surface area contributed by atoms with Gasteiger partial charge in [-0.3, -0.25) is 14.5 Å². The van der Waals surface area contributed by atoms with Gasteiger partial charge in [0.05, 0.1) is 5.69 Å². The Hall–Kier alpha value is -2.78. The molecule has 1 aliphatic carbocycles. The van der Waals surface area contributed by atoms with Gasteiger partial charge in [-0.15, -0.1) is 13.2 Å². The van der Waals surface area contributed by atoms with Crippen molar-refractivity contribution in [1.29, 1.82) is 0 Å². The molecule has 1 spiro atoms. The van der Waals surface area contributed by atoms with Crippen LogP contribution in [0.25, 0.3) is 0 Å². The molecule has 0 bridgehead atoms. The molecule has 1 saturated carbocycles. The van der Waals surface area contributed by atoms with E-state index < -0.39 is 42.0 Å². The fourth-order valence-corrected chi connectivity index (χ4v) is 4.77. The Morgan fingerprint density at radius 3 is 2.57 bits per heavy atom. The Labute approximate surface area is 171 Å². The molecule has 1 aromatic carbocycles. The van der Waals surface area contributed by atoms with Gasteiger partial charge >= 0.3 is 12.4 Å². The van der Waals surface area contributed by atoms with E-state index in [4.69, 9.17) is 0 Å². The van der Waals surface area contributed by atoms with E-state index in [0.29, 0.717) is 12.8 Å². The van der Waals surface area contributed by atoms with Crippen LogP contribution in [0.2, 0.25) is 0 Å². The highest BCUT2D eigenvalue weighted by Gasteiger charge is 2.56. The Kier molecular flexibility index (Phi) is 5.46. The van der Waals surface area contributed by atoms with Gasteiger partial charge in [0.1, 0.15) is 12.1 Å². The van der Waals surface area contributed by atoms with E-state index in [0.717, 1.165) is 17.4 Å². The van der Waals surface area contributed by atoms with Crippen LogP contribution in [0.1, 0.15) is 40.0 Å². The maximum absolute atomic E-state index is 13.1. The predicted molar refractivity (Wildman–Crippen MR) is 102 cm³/mol. The molecular weight excluding hydrogens is 403 g/mol. The Balaban J connectivity index is 1.72. The van der Waals surface area contributed by atoms with Crippen LogP contribution in [0.15, 0.2) is 24.3 Å². The van der Waals surface area contributed by atoms with Crippen LogP contribution in [-0.2, 0) is 9.59 Å². The number of urea groups is 1. The number of carbonyl (C=O) groups is 3. The number of amides is 4. The summed E-state index contributed by atoms with van der Waals surface area (Å²) >= 11 is 0. The summed E-state index contributed by atoms with van der Waals surface area (Å²) in [6, 6.07) is 4.35. The molecule has 0 unspecified atom stereocenters. The van der Waals surface area contributed by atoms with Gasteiger partial charge in [0, 0.05) is 0 Å². The molecule has 1 heterocycles. The smallest absolute Gasteiger partial charge is 0.404 e. The molecule has 0 radical (unpaired) electrons. The molecule has 2 atom stereocenters. The fraction of sp³-hybridized carbons (Fsp3) is 0.550. The van der Waals surface area contributed by atoms with Crippen LogP contribution in [-0.4, -0.2) is 41.2 Å². The SMILES string of the molecule is C[C@H]1CC(C)(C)C[C@@]2(C1)NC(=O)N(CC(=O)Nc1ccccc1OC(F)(F)F)C2=O. The van der Waals surface area contributed by atoms with E-state index in [9.17, 15) is 27.6 Å². The molecule has 0 aromatic heterocycles. The number of anilines is 1. The van der Waals surface area contributed by atoms with Crippen LogP contribution in [0.4, 0.5) is 23.7 Å². The second-order valence-corrected chi connectivity index (χ2v) is 8.85. The normalized spacial score (nSPS) is 25.9. The number of ether oxygens (including phenoxy) is 1. The van der Waals surface area contributed by atoms with Crippen LogP contribution in [0.5, 0.6) is 5.75 Å². The molecular formula is C20H24F3N3O4. The first-order valence-electron chi connectivity index (χ1n) is 9.59. The highest BCUT2D eigenvalue weighted by molar-refractivity contribution is 6.10. The van der Waals surface area contributed by atoms with Crippen LogP contribution < -0.4 is 15.4 Å². The van der Waals surface area contributed by atoms with Crippen molar-refractivity contribution in [3.8, 4) is 5.75 Å². The predicted octanol–water partition coefficient (Wildman–Crippen LogP) is 3.66. The third-order valence-corrected chi connectivity index (χ3v) is 5.31. The van der Waals surface area contributed by atoms with E-state index in [-0.39, 0.29) is 17.0 Å². The number of rotatable bonds is 4. The van der Waals surface area contributed by atoms with Gasteiger partial charge in [0.25, 0.3) is 5.91 Å². The first-order valence-corrected chi connectivity index (χ1v) is 9.59. The third kappa shape index (κ3) is 4.68. The minimum absolute atomic E-state index is 0.160. The maximum atomic E-state index is 13.1. The van der Waals surface area contributed by atoms with Gasteiger partial charge in [-0.2, -0.15) is 0 Å². The molecule has 164 valence electrons. The number of nitrogens with zero attached hydrogens (tertiary/aromatic N) is 1. The number of alkyl halides is 3. The van der Waals surface area contributed by atoms with E-state index in [1.165, 1.54) is 18.2 Å². The zero-order valence-corrected chi connectivity index (χ0v) is 16.9. The third-order valence-electron chi connectivity index (χ3n) is 5.31. The van der Waals surface area contributed by atoms with E-state index in [2.05, 4.69) is 15.4 Å². The Bertz CT molecular complexity index is 871. The molecule has 10 heteroatoms. The van der Waals surface area contributed by atoms with Gasteiger partial charge in [-0.1, -0.05) is 32.9 Å². The first-order chi connectivity index (χ1) is 13.8. The van der Waals surface area contributed by atoms with Gasteiger partial charge in [0.15, 0.2) is 5.75 Å². The summed E-state index contributed by atoms with van der Waals surface area (Å²) < 4.78 is 41.5. The Morgan fingerprint density at radius 2 is 1.93 bits per heavy atom. The summed E-state index contributed by atoms with van der Waals surface area (Å²) in [7, 11) is 0. The first kappa shape index (κ1) is 21.9. The van der Waals surface area contributed by atoms with Crippen molar-refractivity contribution in [3.05, 3.63) is 24.3 Å². The van der Waals surface area contributed by atoms with Crippen molar-refractivity contribution < 1.29 is 32.3 Å². The van der Waals surface area contributed by atoms with Crippen molar-refractivity contribution in [2.75, 3.05) is 11.9 Å². The van der Waals surface area contributed by atoms with E-state index in [1.54, 1.807) is 0 Å². The summed E-state index contributed by atoms with van der Waals surface area (Å²) in [6.45, 7) is 5.45. The number of para-hydroxylation sites is 2. The highest BCUT2D eigenvalue weighted by Crippen LogP contribution is 2.46. The monoisotopic (exact) mass is 427 g/mol. The van der Waals surface area contributed by atoms with Crippen molar-refractivity contribution in [3.63, 3.8) is 0 Å². The highest BCUT2D eigenvalue weighted by atomic mass is 19.4. The molecule has 7 nitrogen and oxygen atoms in total. The van der Waals surface area contributed by atoms with E-state index >= 15 is 0 Å². The van der Waals surface area contributed by atoms with Crippen LogP contribution in [0, 0.1) is 11.3 Å². The zero-order chi connectivity index (χ0) is 22.3. The maximum Gasteiger partial charge on any atom is 0.573 e. The number of halogens is 3. The average Bonchev–Trinajstić information content (AvgIpc) is 2.77. The molecule has 30 heavy (non-hydrogen) atoms. The van der Waals surface area contributed by atoms with Crippen molar-refractivity contribution in [2.24, 2.45) is 11.3 Å². The number of nitrogens with one attached hydrogen (secondary N) is 2. The lowest BCUT2D eigenvalue weighted by molar-refractivity contribution is -0.274. The molecule has 1 saturated heterocycles. The summed E-state index contributed by atoms with van der Waals surface area (Å²) in [6.07, 6.45) is -3.09. The number of hydrogen-bond acceptors (Lipinski definition) is 4. The van der Waals surface area contributed by atoms with Crippen molar-refractivity contribution in [1.82, 2.24) is 10.2 Å². The minimum Gasteiger partial charge on any atom is -0.404 e. The Morgan fingerprint density at radius 1 is 1.27 bits per heavy atom. The minimum atomic E-state index is -4.93. The molecule has 2 aliphatic rings. The molecule has 3 rings (SSSR count). The largest absolute Gasteiger partial charge is 0.573 e. The number of carbonyl (C=O) groups excluding carboxylic acids is 3. The number of benzene rings is 1. The number of hydrogen-bond donors (Lipinski definition) is 2. The van der Waals surface area contributed by atoms with Gasteiger partial charge in [0.2, 0.25) is 5.91 Å². The molecule has 2 fully saturated rings. The quantitative estimate of drug-likeness (QED) is 0.718. The summed E-state index contributed by atoms with van der Waals surface area (Å²) in [5.74, 6) is -1.67. The van der Waals surface area contributed by atoms with Crippen molar-refractivity contribution in [2.45, 2.75) is 51.9 Å².